The third-order valence-electron chi connectivity index (χ3n) is 3.35. The van der Waals surface area contributed by atoms with Gasteiger partial charge in [0.2, 0.25) is 0 Å². The van der Waals surface area contributed by atoms with Crippen LogP contribution in [0.4, 0.5) is 10.1 Å². The largest absolute Gasteiger partial charge is 0.369 e. The Kier molecular flexibility index (Phi) is 5.22. The lowest BCUT2D eigenvalue weighted by Gasteiger charge is -2.20. The van der Waals surface area contributed by atoms with E-state index in [-0.39, 0.29) is 24.3 Å². The van der Waals surface area contributed by atoms with Crippen molar-refractivity contribution in [1.29, 1.82) is 0 Å². The lowest BCUT2D eigenvalue weighted by molar-refractivity contribution is 0.605. The van der Waals surface area contributed by atoms with Crippen molar-refractivity contribution in [2.24, 2.45) is 0 Å². The molecule has 1 fully saturated rings. The van der Waals surface area contributed by atoms with E-state index in [1.165, 1.54) is 12.8 Å². The smallest absolute Gasteiger partial charge is 0.146 e. The Morgan fingerprint density at radius 2 is 1.94 bits per heavy atom. The summed E-state index contributed by atoms with van der Waals surface area (Å²) in [6.07, 6.45) is 2.35. The first-order valence-corrected chi connectivity index (χ1v) is 5.94. The van der Waals surface area contributed by atoms with Gasteiger partial charge in [-0.25, -0.2) is 4.39 Å². The Morgan fingerprint density at radius 3 is 2.47 bits per heavy atom. The standard InChI is InChI=1S/C13H19FN2.ClH/c1-10(15-2)11-5-6-13(12(14)9-11)16-7-3-4-8-16;/h5-6,9-10,15H,3-4,7-8H2,1-2H3;1H. The highest BCUT2D eigenvalue weighted by Gasteiger charge is 2.16. The maximum atomic E-state index is 13.9. The van der Waals surface area contributed by atoms with E-state index in [1.807, 2.05) is 26.1 Å². The van der Waals surface area contributed by atoms with Crippen LogP contribution in [0.2, 0.25) is 0 Å². The minimum absolute atomic E-state index is 0. The van der Waals surface area contributed by atoms with E-state index in [0.717, 1.165) is 24.3 Å². The van der Waals surface area contributed by atoms with Crippen molar-refractivity contribution >= 4 is 18.1 Å². The maximum Gasteiger partial charge on any atom is 0.146 e. The molecular weight excluding hydrogens is 239 g/mol. The molecule has 1 heterocycles. The van der Waals surface area contributed by atoms with Crippen molar-refractivity contribution in [3.05, 3.63) is 29.6 Å². The lowest BCUT2D eigenvalue weighted by Crippen LogP contribution is -2.19. The molecule has 0 radical (unpaired) electrons. The average Bonchev–Trinajstić information content (AvgIpc) is 2.81. The zero-order valence-corrected chi connectivity index (χ0v) is 11.2. The summed E-state index contributed by atoms with van der Waals surface area (Å²) in [6, 6.07) is 5.76. The van der Waals surface area contributed by atoms with Gasteiger partial charge in [-0.2, -0.15) is 0 Å². The molecule has 4 heteroatoms. The summed E-state index contributed by atoms with van der Waals surface area (Å²) in [5.41, 5.74) is 1.76. The molecule has 2 nitrogen and oxygen atoms in total. The Morgan fingerprint density at radius 1 is 1.29 bits per heavy atom. The topological polar surface area (TPSA) is 15.3 Å². The number of nitrogens with zero attached hydrogens (tertiary/aromatic N) is 1. The first kappa shape index (κ1) is 14.3. The summed E-state index contributed by atoms with van der Waals surface area (Å²) in [7, 11) is 1.89. The quantitative estimate of drug-likeness (QED) is 0.896. The minimum Gasteiger partial charge on any atom is -0.369 e. The molecule has 0 saturated carbocycles. The van der Waals surface area contributed by atoms with Crippen LogP contribution in [-0.4, -0.2) is 20.1 Å². The van der Waals surface area contributed by atoms with Crippen molar-refractivity contribution in [2.75, 3.05) is 25.0 Å². The van der Waals surface area contributed by atoms with Gasteiger partial charge in [0.1, 0.15) is 5.82 Å². The number of hydrogen-bond donors (Lipinski definition) is 1. The van der Waals surface area contributed by atoms with E-state index in [1.54, 1.807) is 6.07 Å². The number of hydrogen-bond acceptors (Lipinski definition) is 2. The molecule has 1 aliphatic heterocycles. The van der Waals surface area contributed by atoms with Gasteiger partial charge in [0.05, 0.1) is 5.69 Å². The minimum atomic E-state index is -0.0958. The molecule has 2 rings (SSSR count). The summed E-state index contributed by atoms with van der Waals surface area (Å²) in [6.45, 7) is 4.00. The van der Waals surface area contributed by atoms with Crippen molar-refractivity contribution in [1.82, 2.24) is 5.32 Å². The van der Waals surface area contributed by atoms with Gasteiger partial charge in [-0.1, -0.05) is 6.07 Å². The number of rotatable bonds is 3. The van der Waals surface area contributed by atoms with Gasteiger partial charge in [-0.05, 0) is 44.5 Å². The third kappa shape index (κ3) is 3.11. The first-order chi connectivity index (χ1) is 7.72. The van der Waals surface area contributed by atoms with Crippen LogP contribution in [0.25, 0.3) is 0 Å². The van der Waals surface area contributed by atoms with Crippen molar-refractivity contribution in [3.8, 4) is 0 Å². The molecule has 0 amide bonds. The van der Waals surface area contributed by atoms with Gasteiger partial charge in [-0.15, -0.1) is 12.4 Å². The van der Waals surface area contributed by atoms with Crippen LogP contribution >= 0.6 is 12.4 Å². The van der Waals surface area contributed by atoms with E-state index in [0.29, 0.717) is 0 Å². The monoisotopic (exact) mass is 258 g/mol. The van der Waals surface area contributed by atoms with Crippen LogP contribution in [0.15, 0.2) is 18.2 Å². The molecule has 1 aromatic carbocycles. The van der Waals surface area contributed by atoms with Crippen LogP contribution in [-0.2, 0) is 0 Å². The zero-order chi connectivity index (χ0) is 11.5. The number of nitrogens with one attached hydrogen (secondary N) is 1. The highest BCUT2D eigenvalue weighted by molar-refractivity contribution is 5.85. The molecule has 96 valence electrons. The molecule has 0 spiro atoms. The van der Waals surface area contributed by atoms with Crippen molar-refractivity contribution in [3.63, 3.8) is 0 Å². The molecule has 0 bridgehead atoms. The van der Waals surface area contributed by atoms with E-state index in [4.69, 9.17) is 0 Å². The van der Waals surface area contributed by atoms with Crippen LogP contribution in [0.1, 0.15) is 31.4 Å². The second kappa shape index (κ2) is 6.22. The van der Waals surface area contributed by atoms with Gasteiger partial charge < -0.3 is 10.2 Å². The van der Waals surface area contributed by atoms with E-state index in [2.05, 4.69) is 10.2 Å². The van der Waals surface area contributed by atoms with Crippen LogP contribution in [0.5, 0.6) is 0 Å². The Balaban J connectivity index is 0.00000144. The summed E-state index contributed by atoms with van der Waals surface area (Å²) in [4.78, 5) is 2.13. The summed E-state index contributed by atoms with van der Waals surface area (Å²) in [5.74, 6) is -0.0958. The molecule has 17 heavy (non-hydrogen) atoms. The second-order valence-electron chi connectivity index (χ2n) is 4.42. The van der Waals surface area contributed by atoms with Crippen molar-refractivity contribution in [2.45, 2.75) is 25.8 Å². The van der Waals surface area contributed by atoms with Crippen LogP contribution in [0, 0.1) is 5.82 Å². The third-order valence-corrected chi connectivity index (χ3v) is 3.35. The van der Waals surface area contributed by atoms with Crippen molar-refractivity contribution < 1.29 is 4.39 Å². The molecule has 1 aliphatic rings. The van der Waals surface area contributed by atoms with E-state index < -0.39 is 0 Å². The molecule has 1 saturated heterocycles. The number of anilines is 1. The molecule has 1 unspecified atom stereocenters. The maximum absolute atomic E-state index is 13.9. The molecule has 0 aliphatic carbocycles. The predicted molar refractivity (Wildman–Crippen MR) is 72.6 cm³/mol. The molecule has 1 atom stereocenters. The zero-order valence-electron chi connectivity index (χ0n) is 10.4. The van der Waals surface area contributed by atoms with Crippen LogP contribution < -0.4 is 10.2 Å². The fraction of sp³-hybridized carbons (Fsp3) is 0.538. The van der Waals surface area contributed by atoms with E-state index in [9.17, 15) is 4.39 Å². The molecule has 1 N–H and O–H groups in total. The second-order valence-corrected chi connectivity index (χ2v) is 4.42. The Bertz CT molecular complexity index is 364. The summed E-state index contributed by atoms with van der Waals surface area (Å²) < 4.78 is 13.9. The fourth-order valence-electron chi connectivity index (χ4n) is 2.17. The predicted octanol–water partition coefficient (Wildman–Crippen LogP) is 3.13. The SMILES string of the molecule is CNC(C)c1ccc(N2CCCC2)c(F)c1.Cl. The number of halogens is 2. The summed E-state index contributed by atoms with van der Waals surface area (Å²) >= 11 is 0. The summed E-state index contributed by atoms with van der Waals surface area (Å²) in [5, 5.41) is 3.12. The average molecular weight is 259 g/mol. The van der Waals surface area contributed by atoms with Gasteiger partial charge in [0.25, 0.3) is 0 Å². The highest BCUT2D eigenvalue weighted by Crippen LogP contribution is 2.26. The van der Waals surface area contributed by atoms with Gasteiger partial charge in [0, 0.05) is 19.1 Å². The fourth-order valence-corrected chi connectivity index (χ4v) is 2.17. The first-order valence-electron chi connectivity index (χ1n) is 5.94. The Hall–Kier alpha value is -0.800. The van der Waals surface area contributed by atoms with Crippen LogP contribution in [0.3, 0.4) is 0 Å². The van der Waals surface area contributed by atoms with E-state index >= 15 is 0 Å². The highest BCUT2D eigenvalue weighted by atomic mass is 35.5. The normalized spacial score (nSPS) is 16.8. The molecule has 1 aromatic rings. The van der Waals surface area contributed by atoms with Gasteiger partial charge >= 0.3 is 0 Å². The Labute approximate surface area is 109 Å². The lowest BCUT2D eigenvalue weighted by atomic mass is 10.1. The van der Waals surface area contributed by atoms with Gasteiger partial charge in [-0.3, -0.25) is 0 Å². The molecular formula is C13H20ClFN2. The van der Waals surface area contributed by atoms with Gasteiger partial charge in [0.15, 0.2) is 0 Å². The molecule has 0 aromatic heterocycles. The number of benzene rings is 1.